The first kappa shape index (κ1) is 15.3. The SMILES string of the molecule is CC(C)CC(=O)O.CC1(C)OCC(CO)O1. The Hall–Kier alpha value is -0.650. The minimum Gasteiger partial charge on any atom is -0.481 e. The summed E-state index contributed by atoms with van der Waals surface area (Å²) in [6.07, 6.45) is 0.153. The van der Waals surface area contributed by atoms with E-state index in [4.69, 9.17) is 19.7 Å². The summed E-state index contributed by atoms with van der Waals surface area (Å²) in [6, 6.07) is 0. The molecule has 0 saturated carbocycles. The van der Waals surface area contributed by atoms with Gasteiger partial charge in [0.15, 0.2) is 5.79 Å². The standard InChI is InChI=1S/C6H12O3.C5H10O2/c1-6(2)8-4-5(3-7)9-6;1-4(2)3-5(6)7/h5,7H,3-4H2,1-2H3;4H,3H2,1-2H3,(H,6,7). The molecule has 0 bridgehead atoms. The van der Waals surface area contributed by atoms with Crippen molar-refractivity contribution in [2.24, 2.45) is 5.92 Å². The molecular weight excluding hydrogens is 212 g/mol. The highest BCUT2D eigenvalue weighted by Crippen LogP contribution is 2.21. The second-order valence-electron chi connectivity index (χ2n) is 4.62. The van der Waals surface area contributed by atoms with E-state index < -0.39 is 11.8 Å². The zero-order valence-electron chi connectivity index (χ0n) is 10.4. The number of carboxylic acid groups (broad SMARTS) is 1. The van der Waals surface area contributed by atoms with Gasteiger partial charge in [-0.15, -0.1) is 0 Å². The smallest absolute Gasteiger partial charge is 0.303 e. The molecule has 1 aliphatic rings. The van der Waals surface area contributed by atoms with Crippen LogP contribution in [0.2, 0.25) is 0 Å². The van der Waals surface area contributed by atoms with Gasteiger partial charge in [-0.25, -0.2) is 0 Å². The molecule has 0 radical (unpaired) electrons. The van der Waals surface area contributed by atoms with E-state index in [9.17, 15) is 4.79 Å². The molecule has 0 aliphatic carbocycles. The number of ether oxygens (including phenoxy) is 2. The molecule has 1 unspecified atom stereocenters. The van der Waals surface area contributed by atoms with Crippen LogP contribution in [0.15, 0.2) is 0 Å². The Morgan fingerprint density at radius 2 is 2.06 bits per heavy atom. The lowest BCUT2D eigenvalue weighted by molar-refractivity contribution is -0.142. The molecule has 5 nitrogen and oxygen atoms in total. The summed E-state index contributed by atoms with van der Waals surface area (Å²) in [5.41, 5.74) is 0. The zero-order valence-corrected chi connectivity index (χ0v) is 10.4. The Balaban J connectivity index is 0.000000293. The molecule has 96 valence electrons. The van der Waals surface area contributed by atoms with E-state index in [1.165, 1.54) is 0 Å². The van der Waals surface area contributed by atoms with Crippen LogP contribution in [0.25, 0.3) is 0 Å². The molecule has 2 N–H and O–H groups in total. The minimum absolute atomic E-state index is 0.0451. The van der Waals surface area contributed by atoms with E-state index in [1.807, 2.05) is 27.7 Å². The van der Waals surface area contributed by atoms with E-state index >= 15 is 0 Å². The van der Waals surface area contributed by atoms with Gasteiger partial charge < -0.3 is 19.7 Å². The Bertz CT molecular complexity index is 212. The first-order chi connectivity index (χ1) is 7.26. The van der Waals surface area contributed by atoms with Gasteiger partial charge >= 0.3 is 5.97 Å². The Kier molecular flexibility index (Phi) is 6.55. The van der Waals surface area contributed by atoms with Crippen LogP contribution in [0.1, 0.15) is 34.1 Å². The van der Waals surface area contributed by atoms with Crippen molar-refractivity contribution >= 4 is 5.97 Å². The summed E-state index contributed by atoms with van der Waals surface area (Å²) in [7, 11) is 0. The second kappa shape index (κ2) is 6.83. The van der Waals surface area contributed by atoms with Crippen molar-refractivity contribution in [1.82, 2.24) is 0 Å². The van der Waals surface area contributed by atoms with Gasteiger partial charge in [-0.1, -0.05) is 13.8 Å². The molecule has 0 amide bonds. The summed E-state index contributed by atoms with van der Waals surface area (Å²) in [6.45, 7) is 7.99. The predicted octanol–water partition coefficient (Wildman–Crippen LogP) is 1.25. The fourth-order valence-corrected chi connectivity index (χ4v) is 1.20. The Morgan fingerprint density at radius 1 is 1.50 bits per heavy atom. The van der Waals surface area contributed by atoms with Gasteiger partial charge in [0.25, 0.3) is 0 Å². The van der Waals surface area contributed by atoms with Crippen LogP contribution in [0.5, 0.6) is 0 Å². The minimum atomic E-state index is -0.713. The van der Waals surface area contributed by atoms with Crippen molar-refractivity contribution < 1.29 is 24.5 Å². The van der Waals surface area contributed by atoms with E-state index in [0.29, 0.717) is 6.61 Å². The number of hydrogen-bond donors (Lipinski definition) is 2. The lowest BCUT2D eigenvalue weighted by Gasteiger charge is -2.15. The van der Waals surface area contributed by atoms with Gasteiger partial charge in [-0.05, 0) is 19.8 Å². The van der Waals surface area contributed by atoms with Gasteiger partial charge in [-0.3, -0.25) is 4.79 Å². The van der Waals surface area contributed by atoms with Crippen molar-refractivity contribution in [2.75, 3.05) is 13.2 Å². The van der Waals surface area contributed by atoms with Crippen molar-refractivity contribution in [3.8, 4) is 0 Å². The Labute approximate surface area is 96.4 Å². The summed E-state index contributed by atoms with van der Waals surface area (Å²) < 4.78 is 10.4. The fourth-order valence-electron chi connectivity index (χ4n) is 1.20. The van der Waals surface area contributed by atoms with Crippen LogP contribution in [0.4, 0.5) is 0 Å². The van der Waals surface area contributed by atoms with E-state index in [-0.39, 0.29) is 25.0 Å². The maximum Gasteiger partial charge on any atom is 0.303 e. The van der Waals surface area contributed by atoms with Gasteiger partial charge in [0.2, 0.25) is 0 Å². The summed E-state index contributed by atoms with van der Waals surface area (Å²) >= 11 is 0. The van der Waals surface area contributed by atoms with Crippen molar-refractivity contribution in [3.05, 3.63) is 0 Å². The number of rotatable bonds is 3. The average Bonchev–Trinajstić information content (AvgIpc) is 2.44. The van der Waals surface area contributed by atoms with Gasteiger partial charge in [0.05, 0.1) is 13.2 Å². The fraction of sp³-hybridized carbons (Fsp3) is 0.909. The van der Waals surface area contributed by atoms with E-state index in [2.05, 4.69) is 0 Å². The predicted molar refractivity (Wildman–Crippen MR) is 59.1 cm³/mol. The monoisotopic (exact) mass is 234 g/mol. The molecule has 16 heavy (non-hydrogen) atoms. The van der Waals surface area contributed by atoms with E-state index in [1.54, 1.807) is 0 Å². The van der Waals surface area contributed by atoms with E-state index in [0.717, 1.165) is 0 Å². The molecule has 0 spiro atoms. The van der Waals surface area contributed by atoms with Crippen LogP contribution in [0, 0.1) is 5.92 Å². The zero-order chi connectivity index (χ0) is 12.8. The number of carbonyl (C=O) groups is 1. The molecule has 1 fully saturated rings. The summed E-state index contributed by atoms with van der Waals surface area (Å²) in [4.78, 5) is 9.81. The van der Waals surface area contributed by atoms with Crippen LogP contribution < -0.4 is 0 Å². The highest BCUT2D eigenvalue weighted by Gasteiger charge is 2.31. The maximum atomic E-state index is 9.81. The van der Waals surface area contributed by atoms with Crippen LogP contribution in [-0.4, -0.2) is 41.3 Å². The maximum absolute atomic E-state index is 9.81. The molecule has 1 heterocycles. The third-order valence-electron chi connectivity index (χ3n) is 1.85. The highest BCUT2D eigenvalue weighted by atomic mass is 16.7. The molecule has 1 saturated heterocycles. The third-order valence-corrected chi connectivity index (χ3v) is 1.85. The topological polar surface area (TPSA) is 76.0 Å². The molecule has 1 aliphatic heterocycles. The summed E-state index contributed by atoms with van der Waals surface area (Å²) in [5.74, 6) is -0.930. The van der Waals surface area contributed by atoms with Crippen molar-refractivity contribution in [3.63, 3.8) is 0 Å². The van der Waals surface area contributed by atoms with Gasteiger partial charge in [0.1, 0.15) is 6.10 Å². The quantitative estimate of drug-likeness (QED) is 0.768. The van der Waals surface area contributed by atoms with Crippen molar-refractivity contribution in [2.45, 2.75) is 46.0 Å². The molecule has 1 rings (SSSR count). The lowest BCUT2D eigenvalue weighted by Crippen LogP contribution is -2.22. The number of aliphatic hydroxyl groups excluding tert-OH is 1. The highest BCUT2D eigenvalue weighted by molar-refractivity contribution is 5.66. The van der Waals surface area contributed by atoms with Crippen LogP contribution in [-0.2, 0) is 14.3 Å². The van der Waals surface area contributed by atoms with Crippen LogP contribution in [0.3, 0.4) is 0 Å². The molecule has 0 aromatic heterocycles. The first-order valence-electron chi connectivity index (χ1n) is 5.41. The first-order valence-corrected chi connectivity index (χ1v) is 5.41. The number of hydrogen-bond acceptors (Lipinski definition) is 4. The third kappa shape index (κ3) is 7.62. The van der Waals surface area contributed by atoms with Gasteiger partial charge in [-0.2, -0.15) is 0 Å². The van der Waals surface area contributed by atoms with Crippen molar-refractivity contribution in [1.29, 1.82) is 0 Å². The largest absolute Gasteiger partial charge is 0.481 e. The Morgan fingerprint density at radius 3 is 2.19 bits per heavy atom. The lowest BCUT2D eigenvalue weighted by atomic mass is 10.1. The molecule has 0 aromatic carbocycles. The van der Waals surface area contributed by atoms with Gasteiger partial charge in [0, 0.05) is 6.42 Å². The molecule has 0 aromatic rings. The normalized spacial score (nSPS) is 22.8. The second-order valence-corrected chi connectivity index (χ2v) is 4.62. The number of carboxylic acids is 1. The molecule has 5 heteroatoms. The number of aliphatic hydroxyl groups is 1. The molecule has 1 atom stereocenters. The number of aliphatic carboxylic acids is 1. The summed E-state index contributed by atoms with van der Waals surface area (Å²) in [5, 5.41) is 16.7. The average molecular weight is 234 g/mol. The molecular formula is C11H22O5. The van der Waals surface area contributed by atoms with Crippen LogP contribution >= 0.6 is 0 Å².